The molecule has 0 aromatic rings. The first-order valence-electron chi connectivity index (χ1n) is 6.50. The minimum atomic E-state index is -0.717. The zero-order chi connectivity index (χ0) is 13.1. The van der Waals surface area contributed by atoms with Crippen molar-refractivity contribution in [3.63, 3.8) is 0 Å². The van der Waals surface area contributed by atoms with Crippen LogP contribution in [0.25, 0.3) is 0 Å². The Morgan fingerprint density at radius 3 is 2.35 bits per heavy atom. The van der Waals surface area contributed by atoms with E-state index in [1.165, 1.54) is 6.42 Å². The first kappa shape index (κ1) is 14.5. The molecule has 4 heteroatoms. The van der Waals surface area contributed by atoms with Crippen LogP contribution in [0.1, 0.15) is 52.9 Å². The summed E-state index contributed by atoms with van der Waals surface area (Å²) in [5.41, 5.74) is 4.89. The SMILES string of the molecule is CC(C)(C)[C@@H](N)C(=O)NCC1(O)CCCCC1. The highest BCUT2D eigenvalue weighted by molar-refractivity contribution is 5.82. The standard InChI is InChI=1S/C13H26N2O2/c1-12(2,3)10(14)11(16)15-9-13(17)7-5-4-6-8-13/h10,17H,4-9,14H2,1-3H3,(H,15,16)/t10-/m0/s1. The van der Waals surface area contributed by atoms with Crippen molar-refractivity contribution in [2.24, 2.45) is 11.1 Å². The molecule has 0 aromatic heterocycles. The number of nitrogens with two attached hydrogens (primary N) is 1. The monoisotopic (exact) mass is 242 g/mol. The Morgan fingerprint density at radius 1 is 1.35 bits per heavy atom. The van der Waals surface area contributed by atoms with Gasteiger partial charge in [0.1, 0.15) is 0 Å². The molecule has 0 unspecified atom stereocenters. The molecule has 0 radical (unpaired) electrons. The summed E-state index contributed by atoms with van der Waals surface area (Å²) in [6, 6.07) is -0.533. The van der Waals surface area contributed by atoms with Gasteiger partial charge in [-0.1, -0.05) is 40.0 Å². The molecule has 4 N–H and O–H groups in total. The molecule has 1 aliphatic rings. The van der Waals surface area contributed by atoms with E-state index in [0.29, 0.717) is 6.54 Å². The number of carbonyl (C=O) groups excluding carboxylic acids is 1. The lowest BCUT2D eigenvalue weighted by Crippen LogP contribution is -2.52. The fourth-order valence-corrected chi connectivity index (χ4v) is 2.14. The van der Waals surface area contributed by atoms with Crippen LogP contribution in [-0.4, -0.2) is 29.2 Å². The van der Waals surface area contributed by atoms with Crippen LogP contribution >= 0.6 is 0 Å². The van der Waals surface area contributed by atoms with Gasteiger partial charge < -0.3 is 16.2 Å². The van der Waals surface area contributed by atoms with Gasteiger partial charge in [0, 0.05) is 6.54 Å². The molecular formula is C13H26N2O2. The molecule has 0 spiro atoms. The van der Waals surface area contributed by atoms with Gasteiger partial charge in [0.2, 0.25) is 5.91 Å². The average Bonchev–Trinajstić information content (AvgIpc) is 2.25. The Morgan fingerprint density at radius 2 is 1.88 bits per heavy atom. The smallest absolute Gasteiger partial charge is 0.237 e. The third kappa shape index (κ3) is 4.28. The lowest BCUT2D eigenvalue weighted by atomic mass is 9.84. The summed E-state index contributed by atoms with van der Waals surface area (Å²) >= 11 is 0. The highest BCUT2D eigenvalue weighted by atomic mass is 16.3. The van der Waals surface area contributed by atoms with E-state index >= 15 is 0 Å². The van der Waals surface area contributed by atoms with Gasteiger partial charge in [0.15, 0.2) is 0 Å². The van der Waals surface area contributed by atoms with Crippen molar-refractivity contribution in [3.05, 3.63) is 0 Å². The van der Waals surface area contributed by atoms with Crippen LogP contribution in [0.3, 0.4) is 0 Å². The molecule has 1 fully saturated rings. The van der Waals surface area contributed by atoms with Crippen LogP contribution in [-0.2, 0) is 4.79 Å². The van der Waals surface area contributed by atoms with E-state index in [0.717, 1.165) is 25.7 Å². The number of rotatable bonds is 3. The second-order valence-corrected chi connectivity index (χ2v) is 6.35. The topological polar surface area (TPSA) is 75.4 Å². The van der Waals surface area contributed by atoms with Gasteiger partial charge in [0.05, 0.1) is 11.6 Å². The second-order valence-electron chi connectivity index (χ2n) is 6.35. The van der Waals surface area contributed by atoms with E-state index in [-0.39, 0.29) is 11.3 Å². The molecule has 0 bridgehead atoms. The number of hydrogen-bond donors (Lipinski definition) is 3. The Labute approximate surface area is 104 Å². The summed E-state index contributed by atoms with van der Waals surface area (Å²) < 4.78 is 0. The Hall–Kier alpha value is -0.610. The molecule has 0 aromatic carbocycles. The summed E-state index contributed by atoms with van der Waals surface area (Å²) in [6.07, 6.45) is 4.81. The van der Waals surface area contributed by atoms with E-state index in [1.54, 1.807) is 0 Å². The van der Waals surface area contributed by atoms with Crippen LogP contribution in [0.15, 0.2) is 0 Å². The quantitative estimate of drug-likeness (QED) is 0.695. The third-order valence-corrected chi connectivity index (χ3v) is 3.59. The molecule has 0 aliphatic heterocycles. The lowest BCUT2D eigenvalue weighted by Gasteiger charge is -2.33. The predicted octanol–water partition coefficient (Wildman–Crippen LogP) is 1.17. The van der Waals surface area contributed by atoms with Crippen LogP contribution in [0, 0.1) is 5.41 Å². The zero-order valence-electron chi connectivity index (χ0n) is 11.3. The summed E-state index contributed by atoms with van der Waals surface area (Å²) in [6.45, 7) is 6.14. The molecule has 0 heterocycles. The summed E-state index contributed by atoms with van der Waals surface area (Å²) in [7, 11) is 0. The number of hydrogen-bond acceptors (Lipinski definition) is 3. The maximum atomic E-state index is 11.8. The van der Waals surface area contributed by atoms with Crippen molar-refractivity contribution in [1.82, 2.24) is 5.32 Å². The summed E-state index contributed by atoms with van der Waals surface area (Å²) in [4.78, 5) is 11.8. The van der Waals surface area contributed by atoms with E-state index in [9.17, 15) is 9.90 Å². The van der Waals surface area contributed by atoms with Gasteiger partial charge in [-0.05, 0) is 18.3 Å². The van der Waals surface area contributed by atoms with Crippen LogP contribution in [0.2, 0.25) is 0 Å². The Kier molecular flexibility index (Phi) is 4.55. The highest BCUT2D eigenvalue weighted by Gasteiger charge is 2.32. The molecule has 1 amide bonds. The Balaban J connectivity index is 2.42. The van der Waals surface area contributed by atoms with E-state index in [2.05, 4.69) is 5.32 Å². The fraction of sp³-hybridized carbons (Fsp3) is 0.923. The van der Waals surface area contributed by atoms with Crippen molar-refractivity contribution in [3.8, 4) is 0 Å². The maximum Gasteiger partial charge on any atom is 0.237 e. The first-order chi connectivity index (χ1) is 7.75. The van der Waals surface area contributed by atoms with E-state index < -0.39 is 11.6 Å². The van der Waals surface area contributed by atoms with Crippen molar-refractivity contribution in [2.75, 3.05) is 6.54 Å². The minimum Gasteiger partial charge on any atom is -0.388 e. The van der Waals surface area contributed by atoms with Gasteiger partial charge in [-0.2, -0.15) is 0 Å². The third-order valence-electron chi connectivity index (χ3n) is 3.59. The van der Waals surface area contributed by atoms with Gasteiger partial charge in [-0.25, -0.2) is 0 Å². The zero-order valence-corrected chi connectivity index (χ0v) is 11.3. The van der Waals surface area contributed by atoms with Gasteiger partial charge in [-0.15, -0.1) is 0 Å². The molecule has 1 aliphatic carbocycles. The molecule has 1 atom stereocenters. The first-order valence-corrected chi connectivity index (χ1v) is 6.50. The maximum absolute atomic E-state index is 11.8. The largest absolute Gasteiger partial charge is 0.388 e. The Bertz CT molecular complexity index is 265. The number of amides is 1. The van der Waals surface area contributed by atoms with Gasteiger partial charge >= 0.3 is 0 Å². The molecular weight excluding hydrogens is 216 g/mol. The molecule has 4 nitrogen and oxygen atoms in total. The summed E-state index contributed by atoms with van der Waals surface area (Å²) in [5.74, 6) is -0.170. The fourth-order valence-electron chi connectivity index (χ4n) is 2.14. The molecule has 100 valence electrons. The van der Waals surface area contributed by atoms with Crippen molar-refractivity contribution < 1.29 is 9.90 Å². The minimum absolute atomic E-state index is 0.170. The predicted molar refractivity (Wildman–Crippen MR) is 68.5 cm³/mol. The molecule has 0 saturated heterocycles. The number of aliphatic hydroxyl groups is 1. The van der Waals surface area contributed by atoms with Crippen LogP contribution in [0.5, 0.6) is 0 Å². The number of nitrogens with one attached hydrogen (secondary N) is 1. The van der Waals surface area contributed by atoms with Crippen LogP contribution in [0.4, 0.5) is 0 Å². The molecule has 1 saturated carbocycles. The van der Waals surface area contributed by atoms with Crippen molar-refractivity contribution in [2.45, 2.75) is 64.5 Å². The van der Waals surface area contributed by atoms with Gasteiger partial charge in [-0.3, -0.25) is 4.79 Å². The summed E-state index contributed by atoms with van der Waals surface area (Å²) in [5, 5.41) is 13.0. The second kappa shape index (κ2) is 5.36. The highest BCUT2D eigenvalue weighted by Crippen LogP contribution is 2.27. The van der Waals surface area contributed by atoms with Crippen molar-refractivity contribution >= 4 is 5.91 Å². The van der Waals surface area contributed by atoms with E-state index in [1.807, 2.05) is 20.8 Å². The normalized spacial score (nSPS) is 21.9. The van der Waals surface area contributed by atoms with Crippen molar-refractivity contribution in [1.29, 1.82) is 0 Å². The van der Waals surface area contributed by atoms with Gasteiger partial charge in [0.25, 0.3) is 0 Å². The molecule has 17 heavy (non-hydrogen) atoms. The van der Waals surface area contributed by atoms with Crippen LogP contribution < -0.4 is 11.1 Å². The van der Waals surface area contributed by atoms with E-state index in [4.69, 9.17) is 5.73 Å². The average molecular weight is 242 g/mol. The number of carbonyl (C=O) groups is 1. The molecule has 1 rings (SSSR count). The lowest BCUT2D eigenvalue weighted by molar-refractivity contribution is -0.126.